The fraction of sp³-hybridized carbons (Fsp3) is 0.958. The molecule has 0 amide bonds. The monoisotopic (exact) mass is 378 g/mol. The summed E-state index contributed by atoms with van der Waals surface area (Å²) in [7, 11) is 0. The van der Waals surface area contributed by atoms with Gasteiger partial charge in [0.1, 0.15) is 6.10 Å². The molecule has 3 unspecified atom stereocenters. The van der Waals surface area contributed by atoms with E-state index in [0.29, 0.717) is 17.8 Å². The maximum absolute atomic E-state index is 13.6. The third-order valence-corrected chi connectivity index (χ3v) is 8.99. The first-order valence-electron chi connectivity index (χ1n) is 11.3. The summed E-state index contributed by atoms with van der Waals surface area (Å²) in [5.74, 6) is 1.35. The fourth-order valence-electron chi connectivity index (χ4n) is 6.38. The Hall–Kier alpha value is -0.570. The first-order chi connectivity index (χ1) is 12.3. The van der Waals surface area contributed by atoms with Crippen molar-refractivity contribution < 1.29 is 14.6 Å². The van der Waals surface area contributed by atoms with Gasteiger partial charge in [-0.15, -0.1) is 0 Å². The van der Waals surface area contributed by atoms with Crippen molar-refractivity contribution in [1.29, 1.82) is 0 Å². The SMILES string of the molecule is CCC(C)(CC)CC(C)(C(=O)OC1C2CC3CC1CC(O)(C3)C2)C(C)(C)C. The molecular formula is C24H42O3. The van der Waals surface area contributed by atoms with Crippen LogP contribution < -0.4 is 0 Å². The van der Waals surface area contributed by atoms with E-state index in [1.54, 1.807) is 0 Å². The van der Waals surface area contributed by atoms with Crippen molar-refractivity contribution in [2.75, 3.05) is 0 Å². The summed E-state index contributed by atoms with van der Waals surface area (Å²) in [5.41, 5.74) is -0.977. The van der Waals surface area contributed by atoms with E-state index in [1.807, 2.05) is 0 Å². The zero-order chi connectivity index (χ0) is 20.3. The lowest BCUT2D eigenvalue weighted by Gasteiger charge is -2.57. The van der Waals surface area contributed by atoms with Crippen LogP contribution in [-0.4, -0.2) is 22.8 Å². The summed E-state index contributed by atoms with van der Waals surface area (Å²) in [4.78, 5) is 13.6. The second kappa shape index (κ2) is 6.75. The topological polar surface area (TPSA) is 46.5 Å². The van der Waals surface area contributed by atoms with E-state index in [9.17, 15) is 9.90 Å². The normalized spacial score (nSPS) is 37.9. The van der Waals surface area contributed by atoms with E-state index < -0.39 is 11.0 Å². The number of carbonyl (C=O) groups excluding carboxylic acids is 1. The second-order valence-electron chi connectivity index (χ2n) is 11.8. The largest absolute Gasteiger partial charge is 0.461 e. The third-order valence-electron chi connectivity index (χ3n) is 8.99. The van der Waals surface area contributed by atoms with Crippen molar-refractivity contribution in [1.82, 2.24) is 0 Å². The summed E-state index contributed by atoms with van der Waals surface area (Å²) in [5, 5.41) is 10.8. The summed E-state index contributed by atoms with van der Waals surface area (Å²) in [6.45, 7) is 15.4. The van der Waals surface area contributed by atoms with Crippen molar-refractivity contribution in [2.24, 2.45) is 34.0 Å². The second-order valence-corrected chi connectivity index (χ2v) is 11.8. The Bertz CT molecular complexity index is 555. The maximum Gasteiger partial charge on any atom is 0.312 e. The number of hydrogen-bond donors (Lipinski definition) is 1. The van der Waals surface area contributed by atoms with E-state index in [4.69, 9.17) is 4.74 Å². The predicted molar refractivity (Wildman–Crippen MR) is 109 cm³/mol. The molecule has 3 atom stereocenters. The molecule has 4 aliphatic rings. The summed E-state index contributed by atoms with van der Waals surface area (Å²) in [6.07, 6.45) is 7.91. The minimum atomic E-state index is -0.501. The Morgan fingerprint density at radius 3 is 1.93 bits per heavy atom. The number of hydrogen-bond acceptors (Lipinski definition) is 3. The van der Waals surface area contributed by atoms with Crippen LogP contribution in [0, 0.1) is 34.0 Å². The Morgan fingerprint density at radius 2 is 1.52 bits per heavy atom. The van der Waals surface area contributed by atoms with Crippen LogP contribution in [0.5, 0.6) is 0 Å². The first kappa shape index (κ1) is 21.1. The average Bonchev–Trinajstić information content (AvgIpc) is 2.55. The molecule has 3 nitrogen and oxygen atoms in total. The maximum atomic E-state index is 13.6. The van der Waals surface area contributed by atoms with Gasteiger partial charge in [0.15, 0.2) is 0 Å². The lowest BCUT2D eigenvalue weighted by atomic mass is 9.53. The van der Waals surface area contributed by atoms with Gasteiger partial charge in [-0.25, -0.2) is 0 Å². The first-order valence-corrected chi connectivity index (χ1v) is 11.3. The summed E-state index contributed by atoms with van der Waals surface area (Å²) < 4.78 is 6.35. The molecule has 0 spiro atoms. The standard InChI is InChI=1S/C24H42O3/c1-8-22(6,9-2)15-23(7,21(3,4)5)20(25)27-19-17-10-16-11-18(19)14-24(26,12-16)13-17/h16-19,26H,8-15H2,1-7H3. The van der Waals surface area contributed by atoms with E-state index >= 15 is 0 Å². The van der Waals surface area contributed by atoms with Gasteiger partial charge in [-0.2, -0.15) is 0 Å². The van der Waals surface area contributed by atoms with Crippen LogP contribution in [0.25, 0.3) is 0 Å². The lowest BCUT2D eigenvalue weighted by molar-refractivity contribution is -0.210. The lowest BCUT2D eigenvalue weighted by Crippen LogP contribution is -2.59. The molecule has 0 saturated heterocycles. The van der Waals surface area contributed by atoms with Gasteiger partial charge >= 0.3 is 5.97 Å². The summed E-state index contributed by atoms with van der Waals surface area (Å²) in [6, 6.07) is 0. The zero-order valence-electron chi connectivity index (χ0n) is 18.7. The van der Waals surface area contributed by atoms with Gasteiger partial charge in [-0.05, 0) is 74.0 Å². The molecule has 4 bridgehead atoms. The molecule has 0 radical (unpaired) electrons. The summed E-state index contributed by atoms with van der Waals surface area (Å²) >= 11 is 0. The predicted octanol–water partition coefficient (Wildman–Crippen LogP) is 5.74. The Balaban J connectivity index is 1.80. The van der Waals surface area contributed by atoms with Gasteiger partial charge in [0, 0.05) is 0 Å². The van der Waals surface area contributed by atoms with Crippen LogP contribution in [0.1, 0.15) is 99.8 Å². The van der Waals surface area contributed by atoms with Gasteiger partial charge in [0.2, 0.25) is 0 Å². The minimum Gasteiger partial charge on any atom is -0.461 e. The van der Waals surface area contributed by atoms with Crippen molar-refractivity contribution in [3.05, 3.63) is 0 Å². The molecule has 4 saturated carbocycles. The quantitative estimate of drug-likeness (QED) is 0.600. The molecule has 27 heavy (non-hydrogen) atoms. The molecule has 4 aliphatic carbocycles. The van der Waals surface area contributed by atoms with Crippen LogP contribution in [0.15, 0.2) is 0 Å². The number of aliphatic hydroxyl groups is 1. The van der Waals surface area contributed by atoms with Crippen molar-refractivity contribution in [2.45, 2.75) is 112 Å². The van der Waals surface area contributed by atoms with Crippen LogP contribution in [0.4, 0.5) is 0 Å². The Morgan fingerprint density at radius 1 is 1.00 bits per heavy atom. The zero-order valence-corrected chi connectivity index (χ0v) is 18.7. The van der Waals surface area contributed by atoms with Crippen molar-refractivity contribution in [3.8, 4) is 0 Å². The van der Waals surface area contributed by atoms with Gasteiger partial charge in [0.05, 0.1) is 11.0 Å². The van der Waals surface area contributed by atoms with E-state index in [-0.39, 0.29) is 22.9 Å². The molecule has 156 valence electrons. The highest BCUT2D eigenvalue weighted by Crippen LogP contribution is 2.57. The van der Waals surface area contributed by atoms with Crippen LogP contribution in [-0.2, 0) is 9.53 Å². The fourth-order valence-corrected chi connectivity index (χ4v) is 6.38. The van der Waals surface area contributed by atoms with E-state index in [2.05, 4.69) is 48.5 Å². The molecule has 0 aromatic rings. The van der Waals surface area contributed by atoms with Crippen LogP contribution in [0.3, 0.4) is 0 Å². The molecule has 0 aromatic heterocycles. The number of carbonyl (C=O) groups is 1. The van der Waals surface area contributed by atoms with Crippen LogP contribution >= 0.6 is 0 Å². The number of rotatable bonds is 6. The molecule has 0 heterocycles. The van der Waals surface area contributed by atoms with Gasteiger partial charge in [-0.3, -0.25) is 4.79 Å². The van der Waals surface area contributed by atoms with Crippen LogP contribution in [0.2, 0.25) is 0 Å². The molecular weight excluding hydrogens is 336 g/mol. The van der Waals surface area contributed by atoms with Gasteiger partial charge in [-0.1, -0.05) is 54.4 Å². The third kappa shape index (κ3) is 3.70. The highest BCUT2D eigenvalue weighted by Gasteiger charge is 2.57. The van der Waals surface area contributed by atoms with Crippen molar-refractivity contribution >= 4 is 5.97 Å². The highest BCUT2D eigenvalue weighted by molar-refractivity contribution is 5.77. The molecule has 0 aromatic carbocycles. The smallest absolute Gasteiger partial charge is 0.312 e. The van der Waals surface area contributed by atoms with Crippen molar-refractivity contribution in [3.63, 3.8) is 0 Å². The number of ether oxygens (including phenoxy) is 1. The molecule has 1 N–H and O–H groups in total. The van der Waals surface area contributed by atoms with E-state index in [0.717, 1.165) is 51.4 Å². The molecule has 4 rings (SSSR count). The molecule has 0 aliphatic heterocycles. The van der Waals surface area contributed by atoms with Gasteiger partial charge < -0.3 is 9.84 Å². The molecule has 4 fully saturated rings. The Labute approximate surface area is 166 Å². The Kier molecular flexibility index (Phi) is 5.28. The van der Waals surface area contributed by atoms with Gasteiger partial charge in [0.25, 0.3) is 0 Å². The molecule has 3 heteroatoms. The average molecular weight is 379 g/mol. The van der Waals surface area contributed by atoms with E-state index in [1.165, 1.54) is 0 Å². The highest BCUT2D eigenvalue weighted by atomic mass is 16.5. The number of esters is 1. The minimum absolute atomic E-state index is 0.00686.